The van der Waals surface area contributed by atoms with Gasteiger partial charge in [-0.05, 0) is 69.5 Å². The van der Waals surface area contributed by atoms with Gasteiger partial charge in [0.2, 0.25) is 5.95 Å². The van der Waals surface area contributed by atoms with Crippen molar-refractivity contribution in [1.82, 2.24) is 30.6 Å². The first-order chi connectivity index (χ1) is 26.3. The number of aromatic nitrogens is 4. The molecule has 20 nitrogen and oxygen atoms in total. The molecule has 4 rings (SSSR count). The highest BCUT2D eigenvalue weighted by atomic mass is 31.2. The highest BCUT2D eigenvalue weighted by Gasteiger charge is 2.25. The van der Waals surface area contributed by atoms with Crippen molar-refractivity contribution >= 4 is 60.3 Å². The number of benzene rings is 2. The molecule has 0 saturated carbocycles. The van der Waals surface area contributed by atoms with Crippen LogP contribution in [-0.2, 0) is 27.7 Å². The molecular weight excluding hydrogens is 743 g/mol. The second kappa shape index (κ2) is 19.8. The summed E-state index contributed by atoms with van der Waals surface area (Å²) in [4.78, 5) is 89.2. The number of phosphoric acid groups is 1. The molecule has 3 amide bonds. The first-order valence-corrected chi connectivity index (χ1v) is 18.4. The number of ether oxygens (including phenoxy) is 1. The predicted molar refractivity (Wildman–Crippen MR) is 195 cm³/mol. The highest BCUT2D eigenvalue weighted by Crippen LogP contribution is 2.49. The fourth-order valence-corrected chi connectivity index (χ4v) is 5.97. The van der Waals surface area contributed by atoms with Crippen LogP contribution in [0.15, 0.2) is 59.5 Å². The van der Waals surface area contributed by atoms with Crippen LogP contribution < -0.4 is 32.0 Å². The van der Waals surface area contributed by atoms with Crippen LogP contribution in [0.25, 0.3) is 11.2 Å². The minimum atomic E-state index is -3.63. The van der Waals surface area contributed by atoms with Crippen LogP contribution in [0.2, 0.25) is 0 Å². The molecule has 2 heterocycles. The van der Waals surface area contributed by atoms with E-state index < -0.39 is 55.5 Å². The maximum atomic E-state index is 12.9. The minimum absolute atomic E-state index is 0.0469. The van der Waals surface area contributed by atoms with Crippen LogP contribution in [0.5, 0.6) is 5.75 Å². The number of aliphatic carboxylic acids is 1. The van der Waals surface area contributed by atoms with Gasteiger partial charge >= 0.3 is 25.3 Å². The van der Waals surface area contributed by atoms with Crippen LogP contribution in [0.1, 0.15) is 70.7 Å². The molecule has 0 bridgehead atoms. The number of nitrogens with two attached hydrogens (primary N) is 1. The second-order valence-corrected chi connectivity index (χ2v) is 13.0. The van der Waals surface area contributed by atoms with Crippen molar-refractivity contribution in [2.45, 2.75) is 45.6 Å². The Bertz CT molecular complexity index is 2120. The van der Waals surface area contributed by atoms with Crippen LogP contribution in [-0.4, -0.2) is 87.1 Å². The highest BCUT2D eigenvalue weighted by molar-refractivity contribution is 7.48. The third-order valence-corrected chi connectivity index (χ3v) is 9.01. The first-order valence-electron chi connectivity index (χ1n) is 16.9. The van der Waals surface area contributed by atoms with Crippen molar-refractivity contribution in [3.63, 3.8) is 0 Å². The molecule has 2 aromatic heterocycles. The summed E-state index contributed by atoms with van der Waals surface area (Å²) in [6.45, 7) is 3.95. The molecule has 0 radical (unpaired) electrons. The molecule has 4 aromatic rings. The van der Waals surface area contributed by atoms with Crippen molar-refractivity contribution in [3.8, 4) is 5.75 Å². The molecule has 2 aromatic carbocycles. The Labute approximate surface area is 313 Å². The van der Waals surface area contributed by atoms with Gasteiger partial charge in [0.1, 0.15) is 17.5 Å². The number of unbranched alkanes of at least 4 members (excludes halogenated alkanes) is 1. The lowest BCUT2D eigenvalue weighted by atomic mass is 10.1. The maximum absolute atomic E-state index is 12.9. The van der Waals surface area contributed by atoms with Crippen molar-refractivity contribution in [2.75, 3.05) is 37.4 Å². The summed E-state index contributed by atoms with van der Waals surface area (Å²) >= 11 is 0. The van der Waals surface area contributed by atoms with Crippen molar-refractivity contribution < 1.29 is 52.0 Å². The van der Waals surface area contributed by atoms with E-state index in [1.54, 1.807) is 26.0 Å². The quantitative estimate of drug-likeness (QED) is 0.0325. The van der Waals surface area contributed by atoms with E-state index in [0.717, 1.165) is 6.20 Å². The van der Waals surface area contributed by atoms with Gasteiger partial charge in [-0.3, -0.25) is 37.5 Å². The maximum Gasteiger partial charge on any atom is 0.474 e. The van der Waals surface area contributed by atoms with Gasteiger partial charge in [0.25, 0.3) is 17.7 Å². The van der Waals surface area contributed by atoms with E-state index >= 15 is 0 Å². The molecule has 0 aliphatic rings. The average Bonchev–Trinajstić information content (AvgIpc) is 3.15. The Balaban J connectivity index is 1.25. The van der Waals surface area contributed by atoms with Gasteiger partial charge in [-0.2, -0.15) is 4.98 Å². The van der Waals surface area contributed by atoms with Gasteiger partial charge in [-0.1, -0.05) is 12.1 Å². The first kappa shape index (κ1) is 41.7. The third-order valence-electron chi connectivity index (χ3n) is 7.36. The zero-order valence-electron chi connectivity index (χ0n) is 29.7. The number of hydrogen-bond donors (Lipinski definition) is 6. The summed E-state index contributed by atoms with van der Waals surface area (Å²) in [5.74, 6) is -4.45. The Hall–Kier alpha value is -6.08. The number of rotatable bonds is 20. The molecule has 21 heteroatoms. The van der Waals surface area contributed by atoms with Gasteiger partial charge < -0.3 is 36.5 Å². The van der Waals surface area contributed by atoms with Crippen LogP contribution in [0, 0.1) is 0 Å². The number of fused-ring (bicyclic) bond motifs is 1. The smallest absolute Gasteiger partial charge is 0.474 e. The summed E-state index contributed by atoms with van der Waals surface area (Å²) in [5.41, 5.74) is 4.76. The van der Waals surface area contributed by atoms with E-state index in [1.165, 1.54) is 36.4 Å². The Morgan fingerprint density at radius 1 is 0.927 bits per heavy atom. The monoisotopic (exact) mass is 782 g/mol. The number of aromatic amines is 1. The standard InChI is InChI=1S/C34H39N8O12P/c1-3-51-55(50,52-4-2)53-18-8-7-17-36-30(45)22-9-5-6-10-25(22)54-26(43)16-15-23(33(48)49)40-29(44)20-11-13-21(14-12-20)38-31(46)24-19-37-28-27(39-24)32(47)42-34(35)41-28/h5-6,9-14,19,23H,3-4,7-8,15-18H2,1-2H3,(H,36,45)(H,38,46)(H,40,44)(H,48,49)(H3,35,37,41,42,47)/t23-/m0/s1. The van der Waals surface area contributed by atoms with Crippen molar-refractivity contribution in [2.24, 2.45) is 0 Å². The number of carboxylic acids is 1. The predicted octanol–water partition coefficient (Wildman–Crippen LogP) is 2.82. The SMILES string of the molecule is CCOP(=O)(OCC)OCCCCNC(=O)c1ccccc1OC(=O)CC[C@H](NC(=O)c1ccc(NC(=O)c2cnc3[nH]c(N)nc(=O)c3n2)cc1)C(=O)O. The van der Waals surface area contributed by atoms with E-state index in [4.69, 9.17) is 24.0 Å². The van der Waals surface area contributed by atoms with E-state index in [2.05, 4.69) is 35.9 Å². The summed E-state index contributed by atoms with van der Waals surface area (Å²) in [5, 5.41) is 17.3. The van der Waals surface area contributed by atoms with Crippen molar-refractivity contribution in [3.05, 3.63) is 81.9 Å². The summed E-state index contributed by atoms with van der Waals surface area (Å²) < 4.78 is 33.1. The summed E-state index contributed by atoms with van der Waals surface area (Å²) in [7, 11) is -3.63. The number of para-hydroxylation sites is 1. The normalized spacial score (nSPS) is 11.7. The Kier molecular flexibility index (Phi) is 15.0. The second-order valence-electron chi connectivity index (χ2n) is 11.4. The topological polar surface area (TPSA) is 293 Å². The lowest BCUT2D eigenvalue weighted by Gasteiger charge is -2.16. The Morgan fingerprint density at radius 3 is 2.33 bits per heavy atom. The largest absolute Gasteiger partial charge is 0.480 e. The van der Waals surface area contributed by atoms with Crippen molar-refractivity contribution in [1.29, 1.82) is 0 Å². The number of nitrogen functional groups attached to an aromatic ring is 1. The van der Waals surface area contributed by atoms with Gasteiger partial charge in [-0.25, -0.2) is 19.3 Å². The molecule has 0 unspecified atom stereocenters. The molecule has 7 N–H and O–H groups in total. The van der Waals surface area contributed by atoms with Crippen LogP contribution in [0.3, 0.4) is 0 Å². The van der Waals surface area contributed by atoms with Gasteiger partial charge in [0, 0.05) is 24.2 Å². The molecule has 0 saturated heterocycles. The van der Waals surface area contributed by atoms with Crippen LogP contribution in [0.4, 0.5) is 11.6 Å². The number of amides is 3. The lowest BCUT2D eigenvalue weighted by Crippen LogP contribution is -2.41. The van der Waals surface area contributed by atoms with Gasteiger partial charge in [0.05, 0.1) is 31.6 Å². The molecule has 0 aliphatic heterocycles. The third kappa shape index (κ3) is 12.2. The zero-order valence-corrected chi connectivity index (χ0v) is 30.6. The van der Waals surface area contributed by atoms with Crippen LogP contribution >= 0.6 is 7.82 Å². The molecule has 0 fully saturated rings. The number of nitrogens with one attached hydrogen (secondary N) is 4. The molecule has 292 valence electrons. The van der Waals surface area contributed by atoms with Gasteiger partial charge in [0.15, 0.2) is 11.2 Å². The number of carbonyl (C=O) groups excluding carboxylic acids is 4. The summed E-state index contributed by atoms with van der Waals surface area (Å²) in [6.07, 6.45) is 1.29. The molecule has 55 heavy (non-hydrogen) atoms. The number of nitrogens with zero attached hydrogens (tertiary/aromatic N) is 3. The fourth-order valence-electron chi connectivity index (χ4n) is 4.76. The molecule has 0 aliphatic carbocycles. The zero-order chi connectivity index (χ0) is 40.0. The number of anilines is 2. The lowest BCUT2D eigenvalue weighted by molar-refractivity contribution is -0.140. The number of esters is 1. The van der Waals surface area contributed by atoms with E-state index in [1.807, 2.05) is 0 Å². The summed E-state index contributed by atoms with van der Waals surface area (Å²) in [6, 6.07) is 9.96. The Morgan fingerprint density at radius 2 is 1.64 bits per heavy atom. The molecule has 1 atom stereocenters. The molecule has 0 spiro atoms. The van der Waals surface area contributed by atoms with E-state index in [0.29, 0.717) is 12.8 Å². The van der Waals surface area contributed by atoms with E-state index in [-0.39, 0.29) is 78.2 Å². The van der Waals surface area contributed by atoms with Gasteiger partial charge in [-0.15, -0.1) is 0 Å². The number of hydrogen-bond acceptors (Lipinski definition) is 15. The fraction of sp³-hybridized carbons (Fsp3) is 0.324. The number of carboxylic acid groups (broad SMARTS) is 1. The average molecular weight is 783 g/mol. The number of carbonyl (C=O) groups is 5. The molecular formula is C34H39N8O12P. The van der Waals surface area contributed by atoms with E-state index in [9.17, 15) is 38.4 Å². The number of H-pyrrole nitrogens is 1. The number of phosphoric ester groups is 1. The minimum Gasteiger partial charge on any atom is -0.480 e.